The summed E-state index contributed by atoms with van der Waals surface area (Å²) < 4.78 is 0. The van der Waals surface area contributed by atoms with Gasteiger partial charge < -0.3 is 10.2 Å². The average molecular weight is 219 g/mol. The first-order chi connectivity index (χ1) is 7.56. The van der Waals surface area contributed by atoms with Crippen LogP contribution in [0, 0.1) is 18.3 Å². The molecule has 0 aliphatic rings. The molecule has 0 saturated heterocycles. The van der Waals surface area contributed by atoms with E-state index in [1.165, 1.54) is 0 Å². The average Bonchev–Trinajstić information content (AvgIpc) is 2.26. The van der Waals surface area contributed by atoms with Gasteiger partial charge in [-0.25, -0.2) is 4.79 Å². The third-order valence-corrected chi connectivity index (χ3v) is 2.42. The second-order valence-electron chi connectivity index (χ2n) is 3.58. The molecule has 1 aromatic rings. The Morgan fingerprint density at radius 3 is 2.75 bits per heavy atom. The number of benzene rings is 1. The Morgan fingerprint density at radius 1 is 1.56 bits per heavy atom. The van der Waals surface area contributed by atoms with E-state index in [2.05, 4.69) is 6.07 Å². The van der Waals surface area contributed by atoms with Gasteiger partial charge >= 0.3 is 5.97 Å². The fraction of sp³-hybridized carbons (Fsp3) is 0.333. The lowest BCUT2D eigenvalue weighted by Gasteiger charge is -2.09. The topological polar surface area (TPSA) is 81.3 Å². The maximum Gasteiger partial charge on any atom is 0.337 e. The molecule has 0 fully saturated rings. The molecule has 0 amide bonds. The van der Waals surface area contributed by atoms with Gasteiger partial charge in [0, 0.05) is 6.42 Å². The van der Waals surface area contributed by atoms with Crippen LogP contribution in [0.2, 0.25) is 0 Å². The van der Waals surface area contributed by atoms with Crippen molar-refractivity contribution in [1.29, 1.82) is 5.26 Å². The maximum atomic E-state index is 10.6. The number of aryl methyl sites for hydroxylation is 2. The largest absolute Gasteiger partial charge is 0.479 e. The number of hydrogen-bond acceptors (Lipinski definition) is 3. The van der Waals surface area contributed by atoms with Crippen LogP contribution in [-0.2, 0) is 11.2 Å². The van der Waals surface area contributed by atoms with Gasteiger partial charge in [-0.1, -0.05) is 18.2 Å². The van der Waals surface area contributed by atoms with Crippen molar-refractivity contribution in [3.63, 3.8) is 0 Å². The van der Waals surface area contributed by atoms with Gasteiger partial charge in [0.05, 0.1) is 6.07 Å². The van der Waals surface area contributed by atoms with Crippen LogP contribution in [0.4, 0.5) is 0 Å². The fourth-order valence-corrected chi connectivity index (χ4v) is 1.50. The Balaban J connectivity index is 2.91. The molecule has 4 heteroatoms. The number of aliphatic hydroxyl groups is 1. The molecule has 2 N–H and O–H groups in total. The van der Waals surface area contributed by atoms with Gasteiger partial charge in [-0.3, -0.25) is 0 Å². The summed E-state index contributed by atoms with van der Waals surface area (Å²) >= 11 is 0. The SMILES string of the molecule is Cc1cc(C(O)C(=O)O)ccc1CCC#N. The van der Waals surface area contributed by atoms with Crippen LogP contribution in [0.1, 0.15) is 29.2 Å². The summed E-state index contributed by atoms with van der Waals surface area (Å²) in [5, 5.41) is 26.4. The van der Waals surface area contributed by atoms with Crippen molar-refractivity contribution >= 4 is 5.97 Å². The van der Waals surface area contributed by atoms with Gasteiger partial charge in [0.2, 0.25) is 0 Å². The minimum atomic E-state index is -1.48. The standard InChI is InChI=1S/C12H13NO3/c1-8-7-10(11(14)12(15)16)5-4-9(8)3-2-6-13/h4-5,7,11,14H,2-3H2,1H3,(H,15,16). The Kier molecular flexibility index (Phi) is 4.03. The first kappa shape index (κ1) is 12.2. The Morgan fingerprint density at radius 2 is 2.25 bits per heavy atom. The summed E-state index contributed by atoms with van der Waals surface area (Å²) in [5.74, 6) is -1.26. The fourth-order valence-electron chi connectivity index (χ4n) is 1.50. The molecule has 1 aromatic carbocycles. The number of nitriles is 1. The van der Waals surface area contributed by atoms with E-state index in [0.717, 1.165) is 11.1 Å². The Bertz CT molecular complexity index is 434. The van der Waals surface area contributed by atoms with Crippen molar-refractivity contribution in [3.8, 4) is 6.07 Å². The third kappa shape index (κ3) is 2.81. The number of carboxylic acid groups (broad SMARTS) is 1. The van der Waals surface area contributed by atoms with Gasteiger partial charge in [0.25, 0.3) is 0 Å². The minimum absolute atomic E-state index is 0.366. The van der Waals surface area contributed by atoms with Crippen molar-refractivity contribution in [3.05, 3.63) is 34.9 Å². The van der Waals surface area contributed by atoms with E-state index in [4.69, 9.17) is 10.4 Å². The minimum Gasteiger partial charge on any atom is -0.479 e. The van der Waals surface area contributed by atoms with Crippen LogP contribution in [-0.4, -0.2) is 16.2 Å². The van der Waals surface area contributed by atoms with Crippen LogP contribution >= 0.6 is 0 Å². The monoisotopic (exact) mass is 219 g/mol. The van der Waals surface area contributed by atoms with Crippen molar-refractivity contribution in [1.82, 2.24) is 0 Å². The van der Waals surface area contributed by atoms with E-state index in [1.54, 1.807) is 18.2 Å². The predicted molar refractivity (Wildman–Crippen MR) is 57.7 cm³/mol. The van der Waals surface area contributed by atoms with E-state index in [1.807, 2.05) is 6.92 Å². The van der Waals surface area contributed by atoms with Crippen LogP contribution in [0.15, 0.2) is 18.2 Å². The molecule has 0 aliphatic heterocycles. The molecule has 1 unspecified atom stereocenters. The molecule has 0 spiro atoms. The van der Waals surface area contributed by atoms with E-state index in [-0.39, 0.29) is 0 Å². The van der Waals surface area contributed by atoms with Crippen LogP contribution < -0.4 is 0 Å². The highest BCUT2D eigenvalue weighted by atomic mass is 16.4. The highest BCUT2D eigenvalue weighted by Crippen LogP contribution is 2.18. The van der Waals surface area contributed by atoms with Gasteiger partial charge in [-0.05, 0) is 30.0 Å². The molecule has 4 nitrogen and oxygen atoms in total. The second kappa shape index (κ2) is 5.29. The van der Waals surface area contributed by atoms with Crippen LogP contribution in [0.5, 0.6) is 0 Å². The van der Waals surface area contributed by atoms with Crippen LogP contribution in [0.3, 0.4) is 0 Å². The molecule has 1 rings (SSSR count). The van der Waals surface area contributed by atoms with Crippen molar-refractivity contribution in [2.45, 2.75) is 25.9 Å². The first-order valence-corrected chi connectivity index (χ1v) is 4.93. The second-order valence-corrected chi connectivity index (χ2v) is 3.58. The molecule has 0 aliphatic carbocycles. The van der Waals surface area contributed by atoms with E-state index >= 15 is 0 Å². The summed E-state index contributed by atoms with van der Waals surface area (Å²) in [7, 11) is 0. The van der Waals surface area contributed by atoms with Gasteiger partial charge in [0.1, 0.15) is 0 Å². The number of carbonyl (C=O) groups is 1. The molecular weight excluding hydrogens is 206 g/mol. The zero-order valence-corrected chi connectivity index (χ0v) is 8.97. The van der Waals surface area contributed by atoms with Crippen molar-refractivity contribution < 1.29 is 15.0 Å². The Labute approximate surface area is 93.8 Å². The number of nitrogens with zero attached hydrogens (tertiary/aromatic N) is 1. The summed E-state index contributed by atoms with van der Waals surface area (Å²) in [6.07, 6.45) is -0.406. The highest BCUT2D eigenvalue weighted by molar-refractivity contribution is 5.74. The molecule has 0 saturated carbocycles. The molecule has 0 aromatic heterocycles. The van der Waals surface area contributed by atoms with Crippen molar-refractivity contribution in [2.75, 3.05) is 0 Å². The lowest BCUT2D eigenvalue weighted by molar-refractivity contribution is -0.146. The molecule has 1 atom stereocenters. The number of hydrogen-bond donors (Lipinski definition) is 2. The van der Waals surface area contributed by atoms with Gasteiger partial charge in [0.15, 0.2) is 6.10 Å². The smallest absolute Gasteiger partial charge is 0.337 e. The summed E-state index contributed by atoms with van der Waals surface area (Å²) in [6, 6.07) is 7.04. The number of rotatable bonds is 4. The molecule has 16 heavy (non-hydrogen) atoms. The molecular formula is C12H13NO3. The van der Waals surface area contributed by atoms with Crippen molar-refractivity contribution in [2.24, 2.45) is 0 Å². The third-order valence-electron chi connectivity index (χ3n) is 2.42. The normalized spacial score (nSPS) is 11.8. The first-order valence-electron chi connectivity index (χ1n) is 4.93. The molecule has 0 heterocycles. The van der Waals surface area contributed by atoms with E-state index in [0.29, 0.717) is 18.4 Å². The number of carboxylic acids is 1. The zero-order chi connectivity index (χ0) is 12.1. The van der Waals surface area contributed by atoms with E-state index < -0.39 is 12.1 Å². The summed E-state index contributed by atoms with van der Waals surface area (Å²) in [6.45, 7) is 1.84. The van der Waals surface area contributed by atoms with Gasteiger partial charge in [-0.15, -0.1) is 0 Å². The summed E-state index contributed by atoms with van der Waals surface area (Å²) in [4.78, 5) is 10.6. The molecule has 84 valence electrons. The lowest BCUT2D eigenvalue weighted by atomic mass is 9.99. The van der Waals surface area contributed by atoms with Gasteiger partial charge in [-0.2, -0.15) is 5.26 Å². The molecule has 0 radical (unpaired) electrons. The van der Waals surface area contributed by atoms with Crippen LogP contribution in [0.25, 0.3) is 0 Å². The quantitative estimate of drug-likeness (QED) is 0.805. The maximum absolute atomic E-state index is 10.6. The van der Waals surface area contributed by atoms with E-state index in [9.17, 15) is 9.90 Å². The molecule has 0 bridgehead atoms. The lowest BCUT2D eigenvalue weighted by Crippen LogP contribution is -2.10. The Hall–Kier alpha value is -1.86. The highest BCUT2D eigenvalue weighted by Gasteiger charge is 2.16. The predicted octanol–water partition coefficient (Wildman–Crippen LogP) is 1.57. The number of aliphatic hydroxyl groups excluding tert-OH is 1. The zero-order valence-electron chi connectivity index (χ0n) is 8.97. The number of aliphatic carboxylic acids is 1. The summed E-state index contributed by atoms with van der Waals surface area (Å²) in [5.41, 5.74) is 2.27.